The molecule has 1 aliphatic heterocycles. The highest BCUT2D eigenvalue weighted by Crippen LogP contribution is 2.25. The van der Waals surface area contributed by atoms with Gasteiger partial charge < -0.3 is 20.7 Å². The number of rotatable bonds is 8. The Balaban J connectivity index is 0.00000306. The molecule has 1 atom stereocenters. The summed E-state index contributed by atoms with van der Waals surface area (Å²) < 4.78 is 5.65. The van der Waals surface area contributed by atoms with Gasteiger partial charge in [0.25, 0.3) is 5.91 Å². The van der Waals surface area contributed by atoms with Crippen LogP contribution in [0.1, 0.15) is 29.3 Å². The number of nitrogens with zero attached hydrogens (tertiary/aromatic N) is 1. The third kappa shape index (κ3) is 6.31. The molecule has 3 N–H and O–H groups in total. The molecule has 1 aromatic heterocycles. The first-order chi connectivity index (χ1) is 15.6. The molecule has 7 nitrogen and oxygen atoms in total. The second kappa shape index (κ2) is 11.8. The van der Waals surface area contributed by atoms with Crippen LogP contribution in [0.25, 0.3) is 10.6 Å². The van der Waals surface area contributed by atoms with E-state index in [-0.39, 0.29) is 30.1 Å². The van der Waals surface area contributed by atoms with Crippen molar-refractivity contribution in [3.63, 3.8) is 0 Å². The number of aromatic nitrogens is 1. The van der Waals surface area contributed by atoms with E-state index in [0.29, 0.717) is 36.7 Å². The summed E-state index contributed by atoms with van der Waals surface area (Å²) in [5.74, 6) is 0.141. The maximum atomic E-state index is 13.0. The van der Waals surface area contributed by atoms with E-state index >= 15 is 0 Å². The van der Waals surface area contributed by atoms with Crippen LogP contribution in [0.15, 0.2) is 54.0 Å². The molecule has 1 unspecified atom stereocenters. The number of carbonyl (C=O) groups is 2. The maximum Gasteiger partial charge on any atom is 0.255 e. The molecule has 1 fully saturated rings. The lowest BCUT2D eigenvalue weighted by Crippen LogP contribution is -2.26. The highest BCUT2D eigenvalue weighted by molar-refractivity contribution is 7.13. The minimum atomic E-state index is -0.258. The van der Waals surface area contributed by atoms with Crippen molar-refractivity contribution in [1.29, 1.82) is 0 Å². The summed E-state index contributed by atoms with van der Waals surface area (Å²) in [5, 5.41) is 12.0. The zero-order valence-corrected chi connectivity index (χ0v) is 19.9. The molecular weight excluding hydrogens is 460 g/mol. The first kappa shape index (κ1) is 24.7. The van der Waals surface area contributed by atoms with Gasteiger partial charge in [-0.3, -0.25) is 9.59 Å². The third-order valence-electron chi connectivity index (χ3n) is 5.28. The van der Waals surface area contributed by atoms with Crippen molar-refractivity contribution in [2.75, 3.05) is 25.0 Å². The van der Waals surface area contributed by atoms with Gasteiger partial charge in [-0.05, 0) is 49.7 Å². The van der Waals surface area contributed by atoms with Crippen molar-refractivity contribution < 1.29 is 14.3 Å². The number of thiazole rings is 1. The molecule has 1 saturated heterocycles. The zero-order chi connectivity index (χ0) is 22.3. The van der Waals surface area contributed by atoms with Gasteiger partial charge in [-0.15, -0.1) is 23.7 Å². The van der Waals surface area contributed by atoms with Crippen LogP contribution in [-0.4, -0.2) is 36.5 Å². The van der Waals surface area contributed by atoms with Crippen LogP contribution in [0.2, 0.25) is 0 Å². The van der Waals surface area contributed by atoms with E-state index in [1.807, 2.05) is 36.6 Å². The number of amides is 2. The molecular formula is C24H27ClN4O3S. The molecule has 0 saturated carbocycles. The Bertz CT molecular complexity index is 1090. The topological polar surface area (TPSA) is 92.4 Å². The number of halogens is 1. The largest absolute Gasteiger partial charge is 0.493 e. The van der Waals surface area contributed by atoms with E-state index in [1.54, 1.807) is 35.7 Å². The lowest BCUT2D eigenvalue weighted by molar-refractivity contribution is -0.119. The van der Waals surface area contributed by atoms with Gasteiger partial charge in [0.05, 0.1) is 18.1 Å². The first-order valence-corrected chi connectivity index (χ1v) is 11.6. The van der Waals surface area contributed by atoms with Gasteiger partial charge in [0.2, 0.25) is 5.91 Å². The fraction of sp³-hybridized carbons (Fsp3) is 0.292. The molecule has 0 bridgehead atoms. The molecule has 2 aromatic carbocycles. The standard InChI is InChI=1S/C24H26N4O3S.ClH/c1-2-31-21-7-6-19(28-22(29)18-8-9-25-15-18)13-20(21)23(30)27-14-16-4-3-5-17(12-16)24-26-10-11-32-24;/h3-7,10-13,18,25H,2,8-9,14-15H2,1H3,(H,27,30)(H,28,29);1H. The monoisotopic (exact) mass is 486 g/mol. The lowest BCUT2D eigenvalue weighted by atomic mass is 10.1. The van der Waals surface area contributed by atoms with Crippen molar-refractivity contribution in [3.8, 4) is 16.3 Å². The summed E-state index contributed by atoms with van der Waals surface area (Å²) >= 11 is 1.58. The predicted octanol–water partition coefficient (Wildman–Crippen LogP) is 4.11. The maximum absolute atomic E-state index is 13.0. The molecule has 0 radical (unpaired) electrons. The number of benzene rings is 2. The third-order valence-corrected chi connectivity index (χ3v) is 6.10. The molecule has 1 aliphatic rings. The second-order valence-corrected chi connectivity index (χ2v) is 8.44. The molecule has 3 aromatic rings. The van der Waals surface area contributed by atoms with E-state index < -0.39 is 0 Å². The summed E-state index contributed by atoms with van der Waals surface area (Å²) in [4.78, 5) is 29.8. The molecule has 0 spiro atoms. The molecule has 33 heavy (non-hydrogen) atoms. The number of hydrogen-bond donors (Lipinski definition) is 3. The number of anilines is 1. The van der Waals surface area contributed by atoms with Crippen molar-refractivity contribution >= 4 is 41.2 Å². The number of hydrogen-bond acceptors (Lipinski definition) is 6. The van der Waals surface area contributed by atoms with Gasteiger partial charge in [-0.25, -0.2) is 4.98 Å². The lowest BCUT2D eigenvalue weighted by Gasteiger charge is -2.14. The minimum absolute atomic E-state index is 0. The van der Waals surface area contributed by atoms with Crippen molar-refractivity contribution in [3.05, 3.63) is 65.2 Å². The van der Waals surface area contributed by atoms with Crippen LogP contribution < -0.4 is 20.7 Å². The van der Waals surface area contributed by atoms with E-state index in [1.165, 1.54) is 0 Å². The van der Waals surface area contributed by atoms with E-state index in [2.05, 4.69) is 20.9 Å². The Hall–Kier alpha value is -2.94. The smallest absolute Gasteiger partial charge is 0.255 e. The van der Waals surface area contributed by atoms with Crippen LogP contribution >= 0.6 is 23.7 Å². The number of ether oxygens (including phenoxy) is 1. The van der Waals surface area contributed by atoms with E-state index in [9.17, 15) is 9.59 Å². The second-order valence-electron chi connectivity index (χ2n) is 7.54. The Morgan fingerprint density at radius 1 is 1.24 bits per heavy atom. The highest BCUT2D eigenvalue weighted by atomic mass is 35.5. The Morgan fingerprint density at radius 3 is 2.85 bits per heavy atom. The van der Waals surface area contributed by atoms with E-state index in [0.717, 1.165) is 29.1 Å². The van der Waals surface area contributed by atoms with Gasteiger partial charge in [-0.2, -0.15) is 0 Å². The first-order valence-electron chi connectivity index (χ1n) is 10.7. The van der Waals surface area contributed by atoms with Crippen LogP contribution in [-0.2, 0) is 11.3 Å². The summed E-state index contributed by atoms with van der Waals surface area (Å²) in [5.41, 5.74) is 2.97. The fourth-order valence-electron chi connectivity index (χ4n) is 3.65. The molecule has 0 aliphatic carbocycles. The van der Waals surface area contributed by atoms with Gasteiger partial charge >= 0.3 is 0 Å². The predicted molar refractivity (Wildman–Crippen MR) is 133 cm³/mol. The fourth-order valence-corrected chi connectivity index (χ4v) is 4.28. The summed E-state index contributed by atoms with van der Waals surface area (Å²) in [6, 6.07) is 13.1. The number of nitrogens with one attached hydrogen (secondary N) is 3. The zero-order valence-electron chi connectivity index (χ0n) is 18.3. The molecule has 2 amide bonds. The quantitative estimate of drug-likeness (QED) is 0.445. The van der Waals surface area contributed by atoms with Crippen LogP contribution in [0, 0.1) is 5.92 Å². The Labute approximate surface area is 203 Å². The van der Waals surface area contributed by atoms with Crippen LogP contribution in [0.4, 0.5) is 5.69 Å². The summed E-state index contributed by atoms with van der Waals surface area (Å²) in [7, 11) is 0. The summed E-state index contributed by atoms with van der Waals surface area (Å²) in [6.07, 6.45) is 2.59. The molecule has 2 heterocycles. The Morgan fingerprint density at radius 2 is 2.12 bits per heavy atom. The van der Waals surface area contributed by atoms with Gasteiger partial charge in [0.15, 0.2) is 0 Å². The van der Waals surface area contributed by atoms with Crippen molar-refractivity contribution in [1.82, 2.24) is 15.6 Å². The number of carbonyl (C=O) groups excluding carboxylic acids is 2. The normalized spacial score (nSPS) is 14.9. The molecule has 174 valence electrons. The van der Waals surface area contributed by atoms with Crippen molar-refractivity contribution in [2.24, 2.45) is 5.92 Å². The average molecular weight is 487 g/mol. The van der Waals surface area contributed by atoms with Crippen molar-refractivity contribution in [2.45, 2.75) is 19.9 Å². The van der Waals surface area contributed by atoms with Crippen LogP contribution in [0.5, 0.6) is 5.75 Å². The van der Waals surface area contributed by atoms with Crippen LogP contribution in [0.3, 0.4) is 0 Å². The average Bonchev–Trinajstić information content (AvgIpc) is 3.53. The minimum Gasteiger partial charge on any atom is -0.493 e. The van der Waals surface area contributed by atoms with Gasteiger partial charge in [-0.1, -0.05) is 18.2 Å². The molecule has 9 heteroatoms. The van der Waals surface area contributed by atoms with Gasteiger partial charge in [0.1, 0.15) is 10.8 Å². The van der Waals surface area contributed by atoms with E-state index in [4.69, 9.17) is 4.74 Å². The summed E-state index contributed by atoms with van der Waals surface area (Å²) in [6.45, 7) is 4.20. The van der Waals surface area contributed by atoms with Gasteiger partial charge in [0, 0.05) is 35.9 Å². The highest BCUT2D eigenvalue weighted by Gasteiger charge is 2.23. The molecule has 4 rings (SSSR count). The SMILES string of the molecule is CCOc1ccc(NC(=O)C2CCNC2)cc1C(=O)NCc1cccc(-c2nccs2)c1.Cl. The Kier molecular flexibility index (Phi) is 8.82.